The molecule has 0 aliphatic carbocycles. The third-order valence-electron chi connectivity index (χ3n) is 3.68. The van der Waals surface area contributed by atoms with Crippen LogP contribution in [0.3, 0.4) is 0 Å². The lowest BCUT2D eigenvalue weighted by Crippen LogP contribution is -2.53. The number of aliphatic hydroxyl groups excluding tert-OH is 1. The van der Waals surface area contributed by atoms with Gasteiger partial charge in [0, 0.05) is 19.2 Å². The van der Waals surface area contributed by atoms with Gasteiger partial charge < -0.3 is 10.4 Å². The van der Waals surface area contributed by atoms with Gasteiger partial charge in [-0.3, -0.25) is 4.90 Å². The van der Waals surface area contributed by atoms with E-state index in [2.05, 4.69) is 10.2 Å². The van der Waals surface area contributed by atoms with E-state index < -0.39 is 0 Å². The van der Waals surface area contributed by atoms with Crippen molar-refractivity contribution in [3.05, 3.63) is 0 Å². The maximum atomic E-state index is 9.34. The van der Waals surface area contributed by atoms with Gasteiger partial charge in [-0.05, 0) is 44.8 Å². The zero-order valence-electron chi connectivity index (χ0n) is 8.91. The Kier molecular flexibility index (Phi) is 3.79. The molecule has 2 heterocycles. The molecule has 2 atom stereocenters. The highest BCUT2D eigenvalue weighted by molar-refractivity contribution is 4.86. The van der Waals surface area contributed by atoms with Gasteiger partial charge in [0.15, 0.2) is 0 Å². The van der Waals surface area contributed by atoms with E-state index in [1.807, 2.05) is 0 Å². The Labute approximate surface area is 86.5 Å². The summed E-state index contributed by atoms with van der Waals surface area (Å²) in [6.07, 6.45) is 5.21. The molecular weight excluding hydrogens is 176 g/mol. The SMILES string of the molecule is OCC1CCNCC1N1CCCCC1. The normalized spacial score (nSPS) is 35.8. The van der Waals surface area contributed by atoms with E-state index in [-0.39, 0.29) is 0 Å². The van der Waals surface area contributed by atoms with Crippen LogP contribution in [-0.2, 0) is 0 Å². The first-order chi connectivity index (χ1) is 6.92. The molecule has 0 bridgehead atoms. The van der Waals surface area contributed by atoms with Gasteiger partial charge >= 0.3 is 0 Å². The van der Waals surface area contributed by atoms with Crippen molar-refractivity contribution < 1.29 is 5.11 Å². The topological polar surface area (TPSA) is 35.5 Å². The number of nitrogens with zero attached hydrogens (tertiary/aromatic N) is 1. The average Bonchev–Trinajstić information content (AvgIpc) is 2.30. The standard InChI is InChI=1S/C11H22N2O/c14-9-10-4-5-12-8-11(10)13-6-2-1-3-7-13/h10-12,14H,1-9H2. The van der Waals surface area contributed by atoms with Crippen LogP contribution in [0.1, 0.15) is 25.7 Å². The van der Waals surface area contributed by atoms with Gasteiger partial charge in [0.25, 0.3) is 0 Å². The van der Waals surface area contributed by atoms with Crippen LogP contribution in [0.5, 0.6) is 0 Å². The van der Waals surface area contributed by atoms with Crippen LogP contribution in [-0.4, -0.2) is 48.8 Å². The van der Waals surface area contributed by atoms with Gasteiger partial charge in [0.1, 0.15) is 0 Å². The molecule has 2 saturated heterocycles. The fourth-order valence-corrected chi connectivity index (χ4v) is 2.79. The van der Waals surface area contributed by atoms with Crippen LogP contribution in [0.4, 0.5) is 0 Å². The van der Waals surface area contributed by atoms with Gasteiger partial charge in [0.05, 0.1) is 0 Å². The first-order valence-corrected chi connectivity index (χ1v) is 5.97. The minimum atomic E-state index is 0.364. The van der Waals surface area contributed by atoms with Gasteiger partial charge in [-0.15, -0.1) is 0 Å². The summed E-state index contributed by atoms with van der Waals surface area (Å²) in [7, 11) is 0. The Hall–Kier alpha value is -0.120. The summed E-state index contributed by atoms with van der Waals surface area (Å²) in [6.45, 7) is 5.00. The molecule has 14 heavy (non-hydrogen) atoms. The second-order valence-electron chi connectivity index (χ2n) is 4.60. The second-order valence-corrected chi connectivity index (χ2v) is 4.60. The monoisotopic (exact) mass is 198 g/mol. The van der Waals surface area contributed by atoms with Crippen LogP contribution < -0.4 is 5.32 Å². The van der Waals surface area contributed by atoms with E-state index in [1.54, 1.807) is 0 Å². The van der Waals surface area contributed by atoms with E-state index in [1.165, 1.54) is 32.4 Å². The second kappa shape index (κ2) is 5.10. The minimum absolute atomic E-state index is 0.364. The zero-order valence-corrected chi connectivity index (χ0v) is 8.91. The maximum Gasteiger partial charge on any atom is 0.0475 e. The highest BCUT2D eigenvalue weighted by Crippen LogP contribution is 2.21. The molecule has 82 valence electrons. The van der Waals surface area contributed by atoms with Crippen LogP contribution in [0.25, 0.3) is 0 Å². The number of piperidine rings is 2. The van der Waals surface area contributed by atoms with Crippen molar-refractivity contribution in [3.8, 4) is 0 Å². The largest absolute Gasteiger partial charge is 0.396 e. The fourth-order valence-electron chi connectivity index (χ4n) is 2.79. The fraction of sp³-hybridized carbons (Fsp3) is 1.00. The van der Waals surface area contributed by atoms with E-state index in [0.29, 0.717) is 18.6 Å². The van der Waals surface area contributed by atoms with Crippen molar-refractivity contribution in [2.75, 3.05) is 32.8 Å². The zero-order chi connectivity index (χ0) is 9.80. The van der Waals surface area contributed by atoms with E-state index in [4.69, 9.17) is 0 Å². The summed E-state index contributed by atoms with van der Waals surface area (Å²) in [5, 5.41) is 12.8. The van der Waals surface area contributed by atoms with E-state index in [0.717, 1.165) is 19.5 Å². The third kappa shape index (κ3) is 2.27. The lowest BCUT2D eigenvalue weighted by atomic mass is 9.91. The van der Waals surface area contributed by atoms with Crippen molar-refractivity contribution in [2.45, 2.75) is 31.7 Å². The number of likely N-dealkylation sites (tertiary alicyclic amines) is 1. The van der Waals surface area contributed by atoms with Crippen molar-refractivity contribution in [3.63, 3.8) is 0 Å². The van der Waals surface area contributed by atoms with Gasteiger partial charge in [-0.1, -0.05) is 6.42 Å². The molecule has 0 radical (unpaired) electrons. The minimum Gasteiger partial charge on any atom is -0.396 e. The maximum absolute atomic E-state index is 9.34. The number of hydrogen-bond donors (Lipinski definition) is 2. The Balaban J connectivity index is 1.91. The quantitative estimate of drug-likeness (QED) is 0.676. The Bertz CT molecular complexity index is 169. The summed E-state index contributed by atoms with van der Waals surface area (Å²) in [5.74, 6) is 0.509. The lowest BCUT2D eigenvalue weighted by molar-refractivity contribution is 0.0616. The number of nitrogens with one attached hydrogen (secondary N) is 1. The molecule has 0 spiro atoms. The molecule has 2 aliphatic heterocycles. The molecule has 2 rings (SSSR count). The molecule has 2 fully saturated rings. The highest BCUT2D eigenvalue weighted by Gasteiger charge is 2.29. The van der Waals surface area contributed by atoms with Crippen LogP contribution in [0.2, 0.25) is 0 Å². The molecule has 0 aromatic carbocycles. The summed E-state index contributed by atoms with van der Waals surface area (Å²) in [6, 6.07) is 0.592. The summed E-state index contributed by atoms with van der Waals surface area (Å²) in [4.78, 5) is 2.58. The lowest BCUT2D eigenvalue weighted by Gasteiger charge is -2.41. The summed E-state index contributed by atoms with van der Waals surface area (Å²) < 4.78 is 0. The summed E-state index contributed by atoms with van der Waals surface area (Å²) in [5.41, 5.74) is 0. The predicted octanol–water partition coefficient (Wildman–Crippen LogP) is 0.443. The first-order valence-electron chi connectivity index (χ1n) is 5.97. The van der Waals surface area contributed by atoms with Crippen LogP contribution >= 0.6 is 0 Å². The first kappa shape index (κ1) is 10.4. The summed E-state index contributed by atoms with van der Waals surface area (Å²) >= 11 is 0. The smallest absolute Gasteiger partial charge is 0.0475 e. The number of aliphatic hydroxyl groups is 1. The molecule has 3 nitrogen and oxygen atoms in total. The van der Waals surface area contributed by atoms with Crippen LogP contribution in [0, 0.1) is 5.92 Å². The highest BCUT2D eigenvalue weighted by atomic mass is 16.3. The number of rotatable bonds is 2. The van der Waals surface area contributed by atoms with Gasteiger partial charge in [-0.2, -0.15) is 0 Å². The van der Waals surface area contributed by atoms with Gasteiger partial charge in [-0.25, -0.2) is 0 Å². The average molecular weight is 198 g/mol. The van der Waals surface area contributed by atoms with Crippen molar-refractivity contribution in [1.82, 2.24) is 10.2 Å². The van der Waals surface area contributed by atoms with E-state index >= 15 is 0 Å². The molecular formula is C11H22N2O. The van der Waals surface area contributed by atoms with Gasteiger partial charge in [0.2, 0.25) is 0 Å². The predicted molar refractivity (Wildman–Crippen MR) is 57.3 cm³/mol. The molecule has 2 N–H and O–H groups in total. The molecule has 0 aromatic rings. The Morgan fingerprint density at radius 1 is 1.21 bits per heavy atom. The molecule has 0 amide bonds. The third-order valence-corrected chi connectivity index (χ3v) is 3.68. The van der Waals surface area contributed by atoms with Crippen LogP contribution in [0.15, 0.2) is 0 Å². The Morgan fingerprint density at radius 3 is 2.71 bits per heavy atom. The molecule has 2 aliphatic rings. The van der Waals surface area contributed by atoms with Crippen molar-refractivity contribution in [2.24, 2.45) is 5.92 Å². The Morgan fingerprint density at radius 2 is 2.00 bits per heavy atom. The molecule has 0 saturated carbocycles. The van der Waals surface area contributed by atoms with Crippen molar-refractivity contribution in [1.29, 1.82) is 0 Å². The molecule has 3 heteroatoms. The molecule has 2 unspecified atom stereocenters. The number of hydrogen-bond acceptors (Lipinski definition) is 3. The van der Waals surface area contributed by atoms with Crippen molar-refractivity contribution >= 4 is 0 Å². The molecule has 0 aromatic heterocycles. The van der Waals surface area contributed by atoms with E-state index in [9.17, 15) is 5.11 Å².